The van der Waals surface area contributed by atoms with Gasteiger partial charge in [-0.3, -0.25) is 0 Å². The van der Waals surface area contributed by atoms with E-state index in [9.17, 15) is 0 Å². The first-order chi connectivity index (χ1) is 6.80. The maximum atomic E-state index is 6.21. The van der Waals surface area contributed by atoms with E-state index in [0.717, 1.165) is 0 Å². The molecule has 0 aromatic carbocycles. The molecule has 0 aliphatic carbocycles. The monoisotopic (exact) mass is 293 g/mol. The quantitative estimate of drug-likeness (QED) is 0.620. The second-order valence-electron chi connectivity index (χ2n) is 3.34. The summed E-state index contributed by atoms with van der Waals surface area (Å²) in [5.41, 5.74) is 18.8. The Balaban J connectivity index is -0.0000000581. The van der Waals surface area contributed by atoms with Gasteiger partial charge in [0.25, 0.3) is 0 Å². The van der Waals surface area contributed by atoms with Crippen LogP contribution in [-0.4, -0.2) is 25.2 Å². The zero-order valence-electron chi connectivity index (χ0n) is 11.1. The summed E-state index contributed by atoms with van der Waals surface area (Å²) in [6.45, 7) is 13.2. The number of rotatable bonds is 0. The van der Waals surface area contributed by atoms with Crippen LogP contribution in [0.3, 0.4) is 0 Å². The van der Waals surface area contributed by atoms with Crippen molar-refractivity contribution in [1.82, 2.24) is 0 Å². The van der Waals surface area contributed by atoms with Crippen LogP contribution < -0.4 is 0 Å². The fourth-order valence-electron chi connectivity index (χ4n) is 0. The normalized spacial score (nSPS) is 8.00. The van der Waals surface area contributed by atoms with E-state index in [1.54, 1.807) is 20.8 Å². The fourth-order valence-corrected chi connectivity index (χ4v) is 0. The Labute approximate surface area is 111 Å². The van der Waals surface area contributed by atoms with Gasteiger partial charge in [0.15, 0.2) is 0 Å². The first-order valence-corrected chi connectivity index (χ1v) is 6.23. The largest absolute Gasteiger partial charge is 0.678 e. The minimum atomic E-state index is 0.207. The molecule has 5 heteroatoms. The van der Waals surface area contributed by atoms with E-state index in [0.29, 0.717) is 19.6 Å². The molecule has 94 valence electrons. The van der Waals surface area contributed by atoms with Gasteiger partial charge in [0.1, 0.15) is 0 Å². The summed E-state index contributed by atoms with van der Waals surface area (Å²) in [7, 11) is 0. The Morgan fingerprint density at radius 1 is 0.867 bits per heavy atom. The van der Waals surface area contributed by atoms with E-state index >= 15 is 0 Å². The van der Waals surface area contributed by atoms with Crippen molar-refractivity contribution in [3.05, 3.63) is 17.2 Å². The van der Waals surface area contributed by atoms with E-state index in [1.165, 1.54) is 24.6 Å². The summed E-state index contributed by atoms with van der Waals surface area (Å²) in [5.74, 6) is 0. The van der Waals surface area contributed by atoms with Crippen LogP contribution in [0.25, 0.3) is 17.2 Å². The van der Waals surface area contributed by atoms with E-state index in [-0.39, 0.29) is 5.54 Å². The molecule has 0 atom stereocenters. The van der Waals surface area contributed by atoms with Gasteiger partial charge in [-0.1, -0.05) is 20.8 Å². The first kappa shape index (κ1) is 24.7. The Hall–Kier alpha value is 0.563. The van der Waals surface area contributed by atoms with Gasteiger partial charge in [0, 0.05) is 0 Å². The van der Waals surface area contributed by atoms with Crippen LogP contribution in [0.2, 0.25) is 0 Å². The molecule has 0 radical (unpaired) electrons. The van der Waals surface area contributed by atoms with E-state index in [1.807, 2.05) is 0 Å². The number of hydrogen-bond donors (Lipinski definition) is 0. The van der Waals surface area contributed by atoms with E-state index in [4.69, 9.17) is 17.2 Å². The van der Waals surface area contributed by atoms with Gasteiger partial charge in [-0.15, -0.1) is 0 Å². The maximum absolute atomic E-state index is 6.21. The maximum Gasteiger partial charge on any atom is -0.0845 e. The van der Waals surface area contributed by atoms with Crippen molar-refractivity contribution in [2.24, 2.45) is 2.87 Å². The van der Waals surface area contributed by atoms with Crippen LogP contribution in [0.4, 0.5) is 0 Å². The Bertz CT molecular complexity index is 87.2. The third kappa shape index (κ3) is 181. The summed E-state index contributed by atoms with van der Waals surface area (Å²) in [5, 5.41) is 0. The average molecular weight is 295 g/mol. The number of hydrogen-bond acceptors (Lipinski definition) is 1. The molecule has 15 heavy (non-hydrogen) atoms. The second-order valence-corrected chi connectivity index (χ2v) is 3.89. The summed E-state index contributed by atoms with van der Waals surface area (Å²) >= 11 is 1.28. The minimum absolute atomic E-state index is 0.207. The fraction of sp³-hybridized carbons (Fsp3) is 1.00. The topological polar surface area (TPSA) is 83.8 Å². The predicted octanol–water partition coefficient (Wildman–Crippen LogP) is 4.69. The zero-order valence-corrected chi connectivity index (χ0v) is 13.5. The molecule has 0 amide bonds. The SMILES string of the molecule is CC(C)(C)[N]=[Zr].CC[NH-].CC[NH-].CC[NH-]. The molecule has 4 nitrogen and oxygen atoms in total. The third-order valence-corrected chi connectivity index (χ3v) is 1.98. The number of nitrogens with one attached hydrogen (secondary N) is 3. The Morgan fingerprint density at radius 2 is 0.933 bits per heavy atom. The molecular weight excluding hydrogens is 267 g/mol. The molecule has 0 aromatic rings. The molecule has 0 saturated heterocycles. The number of nitrogens with zero attached hydrogens (tertiary/aromatic N) is 1. The smallest absolute Gasteiger partial charge is 0.0845 e. The van der Waals surface area contributed by atoms with Crippen LogP contribution in [0.1, 0.15) is 41.5 Å². The Morgan fingerprint density at radius 3 is 0.933 bits per heavy atom. The summed E-state index contributed by atoms with van der Waals surface area (Å²) < 4.78 is 4.11. The van der Waals surface area contributed by atoms with Gasteiger partial charge in [-0.2, -0.15) is 19.6 Å². The van der Waals surface area contributed by atoms with Gasteiger partial charge in [-0.05, 0) is 0 Å². The van der Waals surface area contributed by atoms with Crippen LogP contribution in [0.15, 0.2) is 2.87 Å². The van der Waals surface area contributed by atoms with Crippen LogP contribution in [0, 0.1) is 0 Å². The summed E-state index contributed by atoms with van der Waals surface area (Å²) in [6.07, 6.45) is 0. The van der Waals surface area contributed by atoms with Crippen LogP contribution in [-0.2, 0) is 24.6 Å². The average Bonchev–Trinajstić information content (AvgIpc) is 2.07. The van der Waals surface area contributed by atoms with Crippen molar-refractivity contribution in [3.63, 3.8) is 0 Å². The molecule has 0 bridgehead atoms. The van der Waals surface area contributed by atoms with Crippen molar-refractivity contribution >= 4 is 0 Å². The summed E-state index contributed by atoms with van der Waals surface area (Å²) in [4.78, 5) is 0. The van der Waals surface area contributed by atoms with Gasteiger partial charge >= 0.3 is 53.7 Å². The molecule has 3 N–H and O–H groups in total. The second kappa shape index (κ2) is 24.0. The third-order valence-electron chi connectivity index (χ3n) is 0.335. The van der Waals surface area contributed by atoms with Crippen molar-refractivity contribution < 1.29 is 24.6 Å². The molecule has 0 rings (SSSR count). The van der Waals surface area contributed by atoms with Crippen molar-refractivity contribution in [2.45, 2.75) is 47.1 Å². The van der Waals surface area contributed by atoms with Crippen molar-refractivity contribution in [1.29, 1.82) is 0 Å². The first-order valence-electron chi connectivity index (χ1n) is 5.13. The van der Waals surface area contributed by atoms with Crippen molar-refractivity contribution in [2.75, 3.05) is 19.6 Å². The molecule has 0 saturated carbocycles. The van der Waals surface area contributed by atoms with Crippen LogP contribution >= 0.6 is 0 Å². The molecule has 0 heterocycles. The predicted molar refractivity (Wildman–Crippen MR) is 66.8 cm³/mol. The van der Waals surface area contributed by atoms with Crippen molar-refractivity contribution in [3.8, 4) is 0 Å². The standard InChI is InChI=1S/C4H9N.3C2H6N.Zr/c1-4(2,3)5;3*1-2-3;/h1-3H3;3*3H,2H2,1H3;/q;3*-1;. The zero-order chi connectivity index (χ0) is 13.3. The molecule has 0 spiro atoms. The van der Waals surface area contributed by atoms with Gasteiger partial charge in [0.2, 0.25) is 0 Å². The van der Waals surface area contributed by atoms with E-state index in [2.05, 4.69) is 23.6 Å². The molecular formula is C10H27N4Zr-3. The summed E-state index contributed by atoms with van der Waals surface area (Å²) in [6, 6.07) is 0. The molecule has 0 aromatic heterocycles. The van der Waals surface area contributed by atoms with Gasteiger partial charge < -0.3 is 17.2 Å². The molecule has 0 unspecified atom stereocenters. The molecule has 0 aliphatic rings. The van der Waals surface area contributed by atoms with Crippen LogP contribution in [0.5, 0.6) is 0 Å². The van der Waals surface area contributed by atoms with Gasteiger partial charge in [0.05, 0.1) is 0 Å². The van der Waals surface area contributed by atoms with Gasteiger partial charge in [-0.25, -0.2) is 0 Å². The molecule has 0 aliphatic heterocycles. The minimum Gasteiger partial charge on any atom is -0.678 e. The molecule has 0 fully saturated rings. The van der Waals surface area contributed by atoms with E-state index < -0.39 is 0 Å². The Kier molecular flexibility index (Phi) is 39.5.